The molecular formula is C30H22N2S. The lowest BCUT2D eigenvalue weighted by atomic mass is 10.1. The van der Waals surface area contributed by atoms with Crippen molar-refractivity contribution in [3.63, 3.8) is 0 Å². The van der Waals surface area contributed by atoms with Crippen molar-refractivity contribution in [2.24, 2.45) is 0 Å². The fourth-order valence-electron chi connectivity index (χ4n) is 4.30. The molecule has 2 nitrogen and oxygen atoms in total. The zero-order chi connectivity index (χ0) is 22.0. The van der Waals surface area contributed by atoms with Gasteiger partial charge in [0, 0.05) is 38.2 Å². The number of hydrogen-bond donors (Lipinski definition) is 1. The largest absolute Gasteiger partial charge is 0.354 e. The van der Waals surface area contributed by atoms with Crippen LogP contribution in [0.4, 0.5) is 28.4 Å². The van der Waals surface area contributed by atoms with E-state index in [0.717, 1.165) is 28.4 Å². The zero-order valence-corrected chi connectivity index (χ0v) is 18.8. The first-order valence-electron chi connectivity index (χ1n) is 11.0. The van der Waals surface area contributed by atoms with Gasteiger partial charge in [0.2, 0.25) is 0 Å². The van der Waals surface area contributed by atoms with Crippen LogP contribution in [-0.4, -0.2) is 0 Å². The summed E-state index contributed by atoms with van der Waals surface area (Å²) in [5.74, 6) is 0. The molecule has 0 bridgehead atoms. The van der Waals surface area contributed by atoms with Crippen molar-refractivity contribution < 1.29 is 0 Å². The van der Waals surface area contributed by atoms with Crippen LogP contribution in [0.25, 0.3) is 20.2 Å². The second kappa shape index (κ2) is 8.45. The lowest BCUT2D eigenvalue weighted by Crippen LogP contribution is -2.09. The van der Waals surface area contributed by atoms with Gasteiger partial charge in [-0.25, -0.2) is 0 Å². The number of anilines is 5. The van der Waals surface area contributed by atoms with Crippen molar-refractivity contribution in [3.8, 4) is 0 Å². The molecular weight excluding hydrogens is 420 g/mol. The molecule has 1 heterocycles. The minimum atomic E-state index is 1.07. The number of nitrogens with zero attached hydrogens (tertiary/aromatic N) is 1. The van der Waals surface area contributed by atoms with Crippen LogP contribution in [0.3, 0.4) is 0 Å². The second-order valence-electron chi connectivity index (χ2n) is 7.96. The third-order valence-corrected chi connectivity index (χ3v) is 7.06. The van der Waals surface area contributed by atoms with Crippen molar-refractivity contribution >= 4 is 59.9 Å². The summed E-state index contributed by atoms with van der Waals surface area (Å²) < 4.78 is 2.61. The first-order chi connectivity index (χ1) is 16.4. The summed E-state index contributed by atoms with van der Waals surface area (Å²) in [6, 6.07) is 44.7. The van der Waals surface area contributed by atoms with Crippen LogP contribution >= 0.6 is 11.3 Å². The van der Waals surface area contributed by atoms with Gasteiger partial charge in [-0.05, 0) is 60.7 Å². The highest BCUT2D eigenvalue weighted by molar-refractivity contribution is 7.26. The lowest BCUT2D eigenvalue weighted by Gasteiger charge is -2.25. The molecule has 6 aromatic rings. The van der Waals surface area contributed by atoms with Crippen LogP contribution in [-0.2, 0) is 0 Å². The van der Waals surface area contributed by atoms with Gasteiger partial charge in [0.25, 0.3) is 0 Å². The fraction of sp³-hybridized carbons (Fsp3) is 0. The molecule has 0 aliphatic heterocycles. The smallest absolute Gasteiger partial charge is 0.0590 e. The van der Waals surface area contributed by atoms with Crippen LogP contribution in [0.2, 0.25) is 0 Å². The van der Waals surface area contributed by atoms with Gasteiger partial charge in [-0.3, -0.25) is 0 Å². The molecule has 0 saturated carbocycles. The summed E-state index contributed by atoms with van der Waals surface area (Å²) in [6.07, 6.45) is 0. The summed E-state index contributed by atoms with van der Waals surface area (Å²) in [6.45, 7) is 0. The minimum absolute atomic E-state index is 1.07. The standard InChI is InChI=1S/C30H22N2S/c1-3-10-23(11-4-1)32(24-12-5-2-6-13-24)25-20-18-22(19-21-25)31-28-16-9-15-27-26-14-7-8-17-29(26)33-30(27)28/h1-21,31H. The molecule has 158 valence electrons. The summed E-state index contributed by atoms with van der Waals surface area (Å²) in [5.41, 5.74) is 5.62. The summed E-state index contributed by atoms with van der Waals surface area (Å²) in [4.78, 5) is 2.27. The molecule has 0 saturated heterocycles. The predicted octanol–water partition coefficient (Wildman–Crippen LogP) is 9.27. The molecule has 0 aliphatic rings. The van der Waals surface area contributed by atoms with Crippen LogP contribution in [0.5, 0.6) is 0 Å². The van der Waals surface area contributed by atoms with Crippen molar-refractivity contribution in [2.45, 2.75) is 0 Å². The Hall–Kier alpha value is -4.08. The van der Waals surface area contributed by atoms with Gasteiger partial charge in [0.05, 0.1) is 10.4 Å². The number of para-hydroxylation sites is 2. The highest BCUT2D eigenvalue weighted by Crippen LogP contribution is 2.39. The molecule has 1 aromatic heterocycles. The SMILES string of the molecule is c1ccc(N(c2ccccc2)c2ccc(Nc3cccc4c3sc3ccccc34)cc2)cc1. The normalized spacial score (nSPS) is 11.0. The lowest BCUT2D eigenvalue weighted by molar-refractivity contribution is 1.28. The van der Waals surface area contributed by atoms with Crippen LogP contribution in [0.1, 0.15) is 0 Å². The Morgan fingerprint density at radius 3 is 1.76 bits per heavy atom. The maximum Gasteiger partial charge on any atom is 0.0590 e. The van der Waals surface area contributed by atoms with Crippen molar-refractivity contribution in [1.29, 1.82) is 0 Å². The third kappa shape index (κ3) is 3.73. The molecule has 0 atom stereocenters. The van der Waals surface area contributed by atoms with Gasteiger partial charge in [-0.1, -0.05) is 66.7 Å². The second-order valence-corrected chi connectivity index (χ2v) is 9.01. The van der Waals surface area contributed by atoms with E-state index in [2.05, 4.69) is 125 Å². The molecule has 5 aromatic carbocycles. The van der Waals surface area contributed by atoms with Crippen molar-refractivity contribution in [2.75, 3.05) is 10.2 Å². The molecule has 0 fully saturated rings. The number of rotatable bonds is 5. The van der Waals surface area contributed by atoms with E-state index >= 15 is 0 Å². The first kappa shape index (κ1) is 19.6. The predicted molar refractivity (Wildman–Crippen MR) is 144 cm³/mol. The van der Waals surface area contributed by atoms with Crippen LogP contribution in [0.15, 0.2) is 127 Å². The Kier molecular flexibility index (Phi) is 5.02. The van der Waals surface area contributed by atoms with E-state index in [-0.39, 0.29) is 0 Å². The quantitative estimate of drug-likeness (QED) is 0.286. The Bertz CT molecular complexity index is 1480. The number of thiophene rings is 1. The molecule has 1 N–H and O–H groups in total. The van der Waals surface area contributed by atoms with Gasteiger partial charge >= 0.3 is 0 Å². The fourth-order valence-corrected chi connectivity index (χ4v) is 5.47. The molecule has 0 amide bonds. The van der Waals surface area contributed by atoms with E-state index in [1.54, 1.807) is 0 Å². The zero-order valence-electron chi connectivity index (χ0n) is 18.0. The Morgan fingerprint density at radius 1 is 0.485 bits per heavy atom. The maximum absolute atomic E-state index is 3.65. The first-order valence-corrected chi connectivity index (χ1v) is 11.9. The van der Waals surface area contributed by atoms with Gasteiger partial charge in [-0.2, -0.15) is 0 Å². The number of nitrogens with one attached hydrogen (secondary N) is 1. The Morgan fingerprint density at radius 2 is 1.06 bits per heavy atom. The summed E-state index contributed by atoms with van der Waals surface area (Å²) in [7, 11) is 0. The van der Waals surface area contributed by atoms with Gasteiger partial charge in [-0.15, -0.1) is 11.3 Å². The average molecular weight is 443 g/mol. The molecule has 6 rings (SSSR count). The van der Waals surface area contributed by atoms with Crippen molar-refractivity contribution in [3.05, 3.63) is 127 Å². The minimum Gasteiger partial charge on any atom is -0.354 e. The number of hydrogen-bond acceptors (Lipinski definition) is 3. The topological polar surface area (TPSA) is 15.3 Å². The summed E-state index contributed by atoms with van der Waals surface area (Å²) >= 11 is 1.84. The highest BCUT2D eigenvalue weighted by atomic mass is 32.1. The van der Waals surface area contributed by atoms with Crippen molar-refractivity contribution in [1.82, 2.24) is 0 Å². The van der Waals surface area contributed by atoms with E-state index in [1.165, 1.54) is 20.2 Å². The molecule has 3 heteroatoms. The average Bonchev–Trinajstić information content (AvgIpc) is 3.27. The van der Waals surface area contributed by atoms with Gasteiger partial charge in [0.15, 0.2) is 0 Å². The molecule has 0 radical (unpaired) electrons. The highest BCUT2D eigenvalue weighted by Gasteiger charge is 2.12. The van der Waals surface area contributed by atoms with E-state index in [9.17, 15) is 0 Å². The maximum atomic E-state index is 3.65. The Balaban J connectivity index is 1.35. The molecule has 0 unspecified atom stereocenters. The van der Waals surface area contributed by atoms with E-state index in [4.69, 9.17) is 0 Å². The third-order valence-electron chi connectivity index (χ3n) is 5.84. The number of fused-ring (bicyclic) bond motifs is 3. The van der Waals surface area contributed by atoms with Gasteiger partial charge in [0.1, 0.15) is 0 Å². The van der Waals surface area contributed by atoms with E-state index < -0.39 is 0 Å². The number of benzene rings is 5. The van der Waals surface area contributed by atoms with E-state index in [0.29, 0.717) is 0 Å². The molecule has 0 aliphatic carbocycles. The van der Waals surface area contributed by atoms with Crippen LogP contribution in [0, 0.1) is 0 Å². The molecule has 33 heavy (non-hydrogen) atoms. The monoisotopic (exact) mass is 442 g/mol. The van der Waals surface area contributed by atoms with E-state index in [1.807, 2.05) is 23.5 Å². The van der Waals surface area contributed by atoms with Crippen LogP contribution < -0.4 is 10.2 Å². The molecule has 0 spiro atoms. The Labute approximate surface area is 197 Å². The van der Waals surface area contributed by atoms with Gasteiger partial charge < -0.3 is 10.2 Å². The summed E-state index contributed by atoms with van der Waals surface area (Å²) in [5, 5.41) is 6.27.